The molecule has 2 heterocycles. The summed E-state index contributed by atoms with van der Waals surface area (Å²) in [6.45, 7) is 0. The van der Waals surface area contributed by atoms with Crippen LogP contribution in [0.3, 0.4) is 0 Å². The number of nitrogens with two attached hydrogens (primary N) is 1. The second-order valence-corrected chi connectivity index (χ2v) is 5.04. The van der Waals surface area contributed by atoms with Gasteiger partial charge in [0.05, 0.1) is 9.40 Å². The summed E-state index contributed by atoms with van der Waals surface area (Å²) in [4.78, 5) is 18.5. The normalized spacial score (nSPS) is 10.3. The van der Waals surface area contributed by atoms with Crippen LogP contribution in [0, 0.1) is 10.1 Å². The van der Waals surface area contributed by atoms with Gasteiger partial charge in [0.15, 0.2) is 5.03 Å². The fourth-order valence-corrected chi connectivity index (χ4v) is 2.56. The summed E-state index contributed by atoms with van der Waals surface area (Å²) in [6, 6.07) is 6.29. The van der Waals surface area contributed by atoms with Gasteiger partial charge in [-0.05, 0) is 45.9 Å². The van der Waals surface area contributed by atoms with E-state index in [2.05, 4.69) is 25.9 Å². The quantitative estimate of drug-likeness (QED) is 0.688. The van der Waals surface area contributed by atoms with Crippen molar-refractivity contribution in [2.75, 3.05) is 5.73 Å². The zero-order valence-corrected chi connectivity index (χ0v) is 11.3. The Balaban J connectivity index is 2.42. The van der Waals surface area contributed by atoms with Gasteiger partial charge in [0.1, 0.15) is 10.8 Å². The minimum absolute atomic E-state index is 0.0910. The number of anilines is 1. The van der Waals surface area contributed by atoms with Crippen LogP contribution in [-0.4, -0.2) is 14.9 Å². The van der Waals surface area contributed by atoms with E-state index in [4.69, 9.17) is 5.73 Å². The number of hydrogen-bond donors (Lipinski definition) is 1. The second kappa shape index (κ2) is 5.32. The Hall–Kier alpha value is -1.67. The highest BCUT2D eigenvalue weighted by Gasteiger charge is 2.18. The average Bonchev–Trinajstić information content (AvgIpc) is 2.32. The highest BCUT2D eigenvalue weighted by atomic mass is 79.9. The molecule has 0 aliphatic rings. The van der Waals surface area contributed by atoms with Gasteiger partial charge in [-0.2, -0.15) is 0 Å². The second-order valence-electron chi connectivity index (χ2n) is 3.21. The lowest BCUT2D eigenvalue weighted by atomic mass is 10.4. The largest absolute Gasteiger partial charge is 0.384 e. The minimum atomic E-state index is -0.494. The molecule has 0 aliphatic heterocycles. The number of aromatic nitrogens is 2. The van der Waals surface area contributed by atoms with Gasteiger partial charge in [0.2, 0.25) is 0 Å². The summed E-state index contributed by atoms with van der Waals surface area (Å²) in [5.74, 6) is 0.232. The van der Waals surface area contributed by atoms with Crippen molar-refractivity contribution in [3.05, 3.63) is 45.0 Å². The predicted molar refractivity (Wildman–Crippen MR) is 71.4 cm³/mol. The molecule has 0 bridgehead atoms. The Labute approximate surface area is 115 Å². The number of rotatable bonds is 3. The van der Waals surface area contributed by atoms with Gasteiger partial charge < -0.3 is 5.73 Å². The number of hydrogen-bond acceptors (Lipinski definition) is 6. The minimum Gasteiger partial charge on any atom is -0.384 e. The maximum Gasteiger partial charge on any atom is 0.301 e. The van der Waals surface area contributed by atoms with E-state index in [9.17, 15) is 10.1 Å². The molecule has 0 aliphatic carbocycles. The first-order valence-electron chi connectivity index (χ1n) is 4.77. The van der Waals surface area contributed by atoms with E-state index in [1.807, 2.05) is 0 Å². The summed E-state index contributed by atoms with van der Waals surface area (Å²) in [6.07, 6.45) is 1.60. The van der Waals surface area contributed by atoms with Gasteiger partial charge >= 0.3 is 5.69 Å². The summed E-state index contributed by atoms with van der Waals surface area (Å²) in [7, 11) is 0. The molecular formula is C10H7BrN4O2S. The summed E-state index contributed by atoms with van der Waals surface area (Å²) in [5.41, 5.74) is 5.45. The van der Waals surface area contributed by atoms with Crippen LogP contribution in [0.25, 0.3) is 0 Å². The van der Waals surface area contributed by atoms with Crippen LogP contribution < -0.4 is 5.73 Å². The van der Waals surface area contributed by atoms with Crippen molar-refractivity contribution in [3.63, 3.8) is 0 Å². The molecule has 2 aromatic heterocycles. The molecule has 18 heavy (non-hydrogen) atoms. The van der Waals surface area contributed by atoms with Crippen molar-refractivity contribution in [3.8, 4) is 0 Å². The summed E-state index contributed by atoms with van der Waals surface area (Å²) in [5, 5.41) is 11.7. The standard InChI is InChI=1S/C10H7BrN4O2S/c11-6-2-1-5-13-9(6)18-10-7(15(16)17)3-4-8(12)14-10/h1-5H,(H2,12,14). The Kier molecular flexibility index (Phi) is 3.78. The maximum atomic E-state index is 10.9. The molecule has 6 nitrogen and oxygen atoms in total. The number of nitrogen functional groups attached to an aromatic ring is 1. The van der Waals surface area contributed by atoms with E-state index in [-0.39, 0.29) is 16.5 Å². The van der Waals surface area contributed by atoms with Crippen molar-refractivity contribution in [1.82, 2.24) is 9.97 Å². The fourth-order valence-electron chi connectivity index (χ4n) is 1.20. The number of halogens is 1. The van der Waals surface area contributed by atoms with E-state index in [1.165, 1.54) is 12.1 Å². The molecule has 0 fully saturated rings. The Morgan fingerprint density at radius 1 is 1.33 bits per heavy atom. The van der Waals surface area contributed by atoms with Crippen LogP contribution in [-0.2, 0) is 0 Å². The molecule has 2 rings (SSSR count). The van der Waals surface area contributed by atoms with Crippen molar-refractivity contribution in [1.29, 1.82) is 0 Å². The lowest BCUT2D eigenvalue weighted by Gasteiger charge is -2.03. The lowest BCUT2D eigenvalue weighted by molar-refractivity contribution is -0.388. The van der Waals surface area contributed by atoms with Crippen LogP contribution in [0.5, 0.6) is 0 Å². The zero-order valence-electron chi connectivity index (χ0n) is 8.91. The van der Waals surface area contributed by atoms with E-state index in [1.54, 1.807) is 18.3 Å². The summed E-state index contributed by atoms with van der Waals surface area (Å²) < 4.78 is 0.744. The van der Waals surface area contributed by atoms with Gasteiger partial charge in [-0.1, -0.05) is 0 Å². The Bertz CT molecular complexity index is 608. The zero-order chi connectivity index (χ0) is 13.1. The van der Waals surface area contributed by atoms with Crippen LogP contribution in [0.1, 0.15) is 0 Å². The van der Waals surface area contributed by atoms with E-state index >= 15 is 0 Å². The fraction of sp³-hybridized carbons (Fsp3) is 0. The SMILES string of the molecule is Nc1ccc([N+](=O)[O-])c(Sc2ncccc2Br)n1. The highest BCUT2D eigenvalue weighted by Crippen LogP contribution is 2.35. The van der Waals surface area contributed by atoms with Gasteiger partial charge in [0.25, 0.3) is 0 Å². The molecule has 0 amide bonds. The number of pyridine rings is 2. The van der Waals surface area contributed by atoms with Crippen molar-refractivity contribution < 1.29 is 4.92 Å². The highest BCUT2D eigenvalue weighted by molar-refractivity contribution is 9.10. The molecule has 92 valence electrons. The van der Waals surface area contributed by atoms with E-state index in [0.29, 0.717) is 5.03 Å². The topological polar surface area (TPSA) is 94.9 Å². The third-order valence-electron chi connectivity index (χ3n) is 1.98. The average molecular weight is 327 g/mol. The predicted octanol–water partition coefficient (Wildman–Crippen LogP) is 2.88. The molecule has 0 saturated heterocycles. The smallest absolute Gasteiger partial charge is 0.301 e. The molecule has 2 N–H and O–H groups in total. The van der Waals surface area contributed by atoms with Crippen molar-refractivity contribution in [2.24, 2.45) is 0 Å². The van der Waals surface area contributed by atoms with Crippen LogP contribution >= 0.6 is 27.7 Å². The monoisotopic (exact) mass is 326 g/mol. The third-order valence-corrected chi connectivity index (χ3v) is 3.89. The van der Waals surface area contributed by atoms with Crippen molar-refractivity contribution >= 4 is 39.2 Å². The molecule has 8 heteroatoms. The van der Waals surface area contributed by atoms with E-state index < -0.39 is 4.92 Å². The molecular weight excluding hydrogens is 320 g/mol. The molecule has 0 atom stereocenters. The molecule has 2 aromatic rings. The molecule has 0 aromatic carbocycles. The van der Waals surface area contributed by atoms with Crippen LogP contribution in [0.15, 0.2) is 45.0 Å². The first-order valence-corrected chi connectivity index (χ1v) is 6.38. The van der Waals surface area contributed by atoms with Gasteiger partial charge in [0, 0.05) is 12.3 Å². The van der Waals surface area contributed by atoms with Crippen LogP contribution in [0.4, 0.5) is 11.5 Å². The van der Waals surface area contributed by atoms with Gasteiger partial charge in [-0.25, -0.2) is 9.97 Å². The number of nitro groups is 1. The molecule has 0 spiro atoms. The maximum absolute atomic E-state index is 10.9. The summed E-state index contributed by atoms with van der Waals surface area (Å²) >= 11 is 4.41. The van der Waals surface area contributed by atoms with E-state index in [0.717, 1.165) is 16.2 Å². The molecule has 0 unspecified atom stereocenters. The Morgan fingerprint density at radius 2 is 2.11 bits per heavy atom. The Morgan fingerprint density at radius 3 is 2.78 bits per heavy atom. The van der Waals surface area contributed by atoms with Crippen molar-refractivity contribution in [2.45, 2.75) is 10.1 Å². The van der Waals surface area contributed by atoms with Crippen LogP contribution in [0.2, 0.25) is 0 Å². The van der Waals surface area contributed by atoms with Gasteiger partial charge in [-0.3, -0.25) is 10.1 Å². The third kappa shape index (κ3) is 2.77. The first kappa shape index (κ1) is 12.8. The molecule has 0 radical (unpaired) electrons. The molecule has 0 saturated carbocycles. The lowest BCUT2D eigenvalue weighted by Crippen LogP contribution is -1.97. The van der Waals surface area contributed by atoms with Gasteiger partial charge in [-0.15, -0.1) is 0 Å². The first-order chi connectivity index (χ1) is 8.58. The number of nitrogens with zero attached hydrogens (tertiary/aromatic N) is 3.